The van der Waals surface area contributed by atoms with E-state index < -0.39 is 42.1 Å². The van der Waals surface area contributed by atoms with E-state index in [1.54, 1.807) is 0 Å². The number of hydrogen-bond acceptors (Lipinski definition) is 8. The summed E-state index contributed by atoms with van der Waals surface area (Å²) in [7, 11) is 1.25. The third-order valence-electron chi connectivity index (χ3n) is 2.95. The van der Waals surface area contributed by atoms with Gasteiger partial charge in [0.2, 0.25) is 17.7 Å². The summed E-state index contributed by atoms with van der Waals surface area (Å²) in [6, 6.07) is -2.10. The van der Waals surface area contributed by atoms with Crippen molar-refractivity contribution in [2.75, 3.05) is 46.6 Å². The molecule has 0 spiro atoms. The molecule has 0 aliphatic rings. The summed E-state index contributed by atoms with van der Waals surface area (Å²) in [5.41, 5.74) is 9.90. The lowest BCUT2D eigenvalue weighted by molar-refractivity contribution is -0.134. The van der Waals surface area contributed by atoms with Crippen LogP contribution in [0.1, 0.15) is 6.42 Å². The van der Waals surface area contributed by atoms with Crippen LogP contribution in [-0.4, -0.2) is 87.3 Å². The van der Waals surface area contributed by atoms with Crippen LogP contribution in [0.4, 0.5) is 4.79 Å². The highest BCUT2D eigenvalue weighted by Gasteiger charge is 2.24. The number of carbonyl (C=O) groups excluding carboxylic acids is 5. The van der Waals surface area contributed by atoms with Gasteiger partial charge >= 0.3 is 6.03 Å². The number of likely N-dealkylation sites (N-methyl/N-ethyl adjacent to an activating group) is 1. The molecule has 0 bridgehead atoms. The largest absolute Gasteiger partial charge is 0.377 e. The van der Waals surface area contributed by atoms with Crippen molar-refractivity contribution < 1.29 is 33.4 Å². The van der Waals surface area contributed by atoms with E-state index in [0.29, 0.717) is 5.01 Å². The maximum atomic E-state index is 11.8. The van der Waals surface area contributed by atoms with Gasteiger partial charge in [-0.25, -0.2) is 10.6 Å². The number of primary amides is 2. The lowest BCUT2D eigenvalue weighted by Gasteiger charge is -2.20. The maximum Gasteiger partial charge on any atom is 0.315 e. The molecule has 28 heavy (non-hydrogen) atoms. The normalized spacial score (nSPS) is 11.2. The van der Waals surface area contributed by atoms with E-state index in [9.17, 15) is 24.0 Å². The summed E-state index contributed by atoms with van der Waals surface area (Å²) < 4.78 is 10.0. The molecule has 0 aromatic rings. The molecule has 0 fully saturated rings. The standard InChI is InChI=1S/C14H27N7O7/c1-21(17)13(25)9(6-10(15)22)20-14(26)19-7-12(24)18-2-3-27-4-5-28-8-11(16)23/h9H,2-8,17H2,1H3,(H2,15,22)(H2,16,23)(H,18,24)(H2,19,20,26)/t9-/m1/s1. The van der Waals surface area contributed by atoms with Crippen LogP contribution in [0.3, 0.4) is 0 Å². The van der Waals surface area contributed by atoms with Gasteiger partial charge in [0, 0.05) is 13.6 Å². The Kier molecular flexibility index (Phi) is 12.6. The first kappa shape index (κ1) is 25.0. The van der Waals surface area contributed by atoms with E-state index in [1.165, 1.54) is 7.05 Å². The molecule has 0 saturated carbocycles. The van der Waals surface area contributed by atoms with Gasteiger partial charge in [0.05, 0.1) is 32.8 Å². The quantitative estimate of drug-likeness (QED) is 0.0713. The number of ether oxygens (including phenoxy) is 2. The Bertz CT molecular complexity index is 556. The van der Waals surface area contributed by atoms with Crippen molar-refractivity contribution in [2.45, 2.75) is 12.5 Å². The molecule has 14 nitrogen and oxygen atoms in total. The van der Waals surface area contributed by atoms with Crippen molar-refractivity contribution in [1.29, 1.82) is 0 Å². The molecule has 0 aliphatic carbocycles. The summed E-state index contributed by atoms with van der Waals surface area (Å²) in [5.74, 6) is 2.67. The highest BCUT2D eigenvalue weighted by atomic mass is 16.5. The monoisotopic (exact) mass is 405 g/mol. The molecule has 14 heteroatoms. The van der Waals surface area contributed by atoms with Gasteiger partial charge in [0.25, 0.3) is 5.91 Å². The van der Waals surface area contributed by atoms with E-state index in [0.717, 1.165) is 0 Å². The minimum Gasteiger partial charge on any atom is -0.377 e. The third kappa shape index (κ3) is 13.3. The van der Waals surface area contributed by atoms with Crippen LogP contribution in [-0.2, 0) is 28.7 Å². The first-order valence-electron chi connectivity index (χ1n) is 8.19. The summed E-state index contributed by atoms with van der Waals surface area (Å²) in [6.45, 7) is 0.204. The minimum absolute atomic E-state index is 0.179. The number of urea groups is 1. The van der Waals surface area contributed by atoms with Gasteiger partial charge in [-0.3, -0.25) is 24.2 Å². The van der Waals surface area contributed by atoms with Gasteiger partial charge in [-0.1, -0.05) is 0 Å². The number of nitrogens with one attached hydrogen (secondary N) is 3. The molecule has 6 amide bonds. The molecule has 0 aromatic carbocycles. The second kappa shape index (κ2) is 14.1. The average molecular weight is 405 g/mol. The Morgan fingerprint density at radius 1 is 0.964 bits per heavy atom. The number of nitrogens with zero attached hydrogens (tertiary/aromatic N) is 1. The molecule has 0 rings (SSSR count). The third-order valence-corrected chi connectivity index (χ3v) is 2.95. The molecular weight excluding hydrogens is 378 g/mol. The Hall–Kier alpha value is -2.97. The topological polar surface area (TPSA) is 221 Å². The molecule has 0 aromatic heterocycles. The summed E-state index contributed by atoms with van der Waals surface area (Å²) >= 11 is 0. The van der Waals surface area contributed by atoms with Gasteiger partial charge in [-0.2, -0.15) is 0 Å². The number of hydrogen-bond donors (Lipinski definition) is 6. The van der Waals surface area contributed by atoms with Crippen LogP contribution in [0.25, 0.3) is 0 Å². The molecule has 0 unspecified atom stereocenters. The van der Waals surface area contributed by atoms with E-state index in [2.05, 4.69) is 16.0 Å². The number of hydrazine groups is 1. The lowest BCUT2D eigenvalue weighted by atomic mass is 10.2. The zero-order chi connectivity index (χ0) is 21.5. The average Bonchev–Trinajstić information content (AvgIpc) is 2.60. The highest BCUT2D eigenvalue weighted by molar-refractivity contribution is 5.91. The first-order valence-corrected chi connectivity index (χ1v) is 8.19. The van der Waals surface area contributed by atoms with Gasteiger partial charge in [-0.05, 0) is 0 Å². The summed E-state index contributed by atoms with van der Waals surface area (Å²) in [4.78, 5) is 56.5. The Morgan fingerprint density at radius 2 is 1.61 bits per heavy atom. The maximum absolute atomic E-state index is 11.8. The number of amides is 6. The van der Waals surface area contributed by atoms with Crippen LogP contribution >= 0.6 is 0 Å². The van der Waals surface area contributed by atoms with Crippen LogP contribution in [0.2, 0.25) is 0 Å². The van der Waals surface area contributed by atoms with E-state index in [-0.39, 0.29) is 39.5 Å². The van der Waals surface area contributed by atoms with Gasteiger partial charge in [0.1, 0.15) is 12.6 Å². The molecule has 0 heterocycles. The minimum atomic E-state index is -1.25. The van der Waals surface area contributed by atoms with E-state index >= 15 is 0 Å². The van der Waals surface area contributed by atoms with Crippen molar-refractivity contribution in [3.63, 3.8) is 0 Å². The highest BCUT2D eigenvalue weighted by Crippen LogP contribution is 1.95. The van der Waals surface area contributed by atoms with Crippen LogP contribution in [0.15, 0.2) is 0 Å². The van der Waals surface area contributed by atoms with Crippen molar-refractivity contribution >= 4 is 29.7 Å². The molecule has 9 N–H and O–H groups in total. The van der Waals surface area contributed by atoms with Crippen LogP contribution in [0, 0.1) is 0 Å². The predicted molar refractivity (Wildman–Crippen MR) is 94.9 cm³/mol. The van der Waals surface area contributed by atoms with Crippen LogP contribution < -0.4 is 33.3 Å². The SMILES string of the molecule is CN(N)C(=O)[C@@H](CC(N)=O)NC(=O)NCC(=O)NCCOCCOCC(N)=O. The smallest absolute Gasteiger partial charge is 0.315 e. The zero-order valence-corrected chi connectivity index (χ0v) is 15.6. The number of nitrogens with two attached hydrogens (primary N) is 3. The zero-order valence-electron chi connectivity index (χ0n) is 15.6. The van der Waals surface area contributed by atoms with Gasteiger partial charge < -0.3 is 36.9 Å². The van der Waals surface area contributed by atoms with Gasteiger partial charge in [-0.15, -0.1) is 0 Å². The molecular formula is C14H27N7O7. The Balaban J connectivity index is 3.97. The Morgan fingerprint density at radius 3 is 2.18 bits per heavy atom. The molecule has 0 saturated heterocycles. The first-order chi connectivity index (χ1) is 13.1. The van der Waals surface area contributed by atoms with Crippen molar-refractivity contribution in [1.82, 2.24) is 21.0 Å². The second-order valence-corrected chi connectivity index (χ2v) is 5.48. The number of rotatable bonds is 14. The second-order valence-electron chi connectivity index (χ2n) is 5.48. The molecule has 0 aliphatic heterocycles. The van der Waals surface area contributed by atoms with Crippen molar-refractivity contribution in [3.8, 4) is 0 Å². The fraction of sp³-hybridized carbons (Fsp3) is 0.643. The predicted octanol–water partition coefficient (Wildman–Crippen LogP) is -4.50. The van der Waals surface area contributed by atoms with E-state index in [1.807, 2.05) is 0 Å². The van der Waals surface area contributed by atoms with Crippen molar-refractivity contribution in [3.05, 3.63) is 0 Å². The fourth-order valence-corrected chi connectivity index (χ4v) is 1.73. The Labute approximate surface area is 161 Å². The summed E-state index contributed by atoms with van der Waals surface area (Å²) in [6.07, 6.45) is -0.444. The van der Waals surface area contributed by atoms with E-state index in [4.69, 9.17) is 26.8 Å². The lowest BCUT2D eigenvalue weighted by Crippen LogP contribution is -2.54. The van der Waals surface area contributed by atoms with Crippen molar-refractivity contribution in [2.24, 2.45) is 17.3 Å². The molecule has 0 radical (unpaired) electrons. The fourth-order valence-electron chi connectivity index (χ4n) is 1.73. The molecule has 160 valence electrons. The molecule has 1 atom stereocenters. The van der Waals surface area contributed by atoms with Gasteiger partial charge in [0.15, 0.2) is 0 Å². The summed E-state index contributed by atoms with van der Waals surface area (Å²) in [5, 5.41) is 7.64. The van der Waals surface area contributed by atoms with Crippen LogP contribution in [0.5, 0.6) is 0 Å². The number of carbonyl (C=O) groups is 5.